The molecule has 0 heterocycles. The van der Waals surface area contributed by atoms with Gasteiger partial charge in [-0.2, -0.15) is 22.0 Å². The number of alkyl halides is 5. The van der Waals surface area contributed by atoms with E-state index in [0.717, 1.165) is 18.5 Å². The normalized spacial score (nSPS) is 12.3. The molecule has 0 spiro atoms. The second-order valence-corrected chi connectivity index (χ2v) is 2.84. The Morgan fingerprint density at radius 3 is 2.12 bits per heavy atom. The Kier molecular flexibility index (Phi) is 3.16. The van der Waals surface area contributed by atoms with Crippen molar-refractivity contribution >= 4 is 12.1 Å². The first kappa shape index (κ1) is 12.4. The van der Waals surface area contributed by atoms with Gasteiger partial charge in [0.05, 0.1) is 11.3 Å². The van der Waals surface area contributed by atoms with E-state index in [4.69, 9.17) is 0 Å². The van der Waals surface area contributed by atoms with Gasteiger partial charge in [0.1, 0.15) is 0 Å². The van der Waals surface area contributed by atoms with Crippen molar-refractivity contribution in [2.24, 2.45) is 0 Å². The quantitative estimate of drug-likeness (QED) is 0.636. The molecule has 87 valence electrons. The van der Waals surface area contributed by atoms with Crippen molar-refractivity contribution < 1.29 is 26.7 Å². The van der Waals surface area contributed by atoms with Crippen molar-refractivity contribution in [3.63, 3.8) is 0 Å². The van der Waals surface area contributed by atoms with Crippen molar-refractivity contribution in [2.45, 2.75) is 12.1 Å². The molecular formula is C9H5F5NO. The lowest BCUT2D eigenvalue weighted by Crippen LogP contribution is -2.34. The molecule has 0 aliphatic heterocycles. The molecule has 0 bridgehead atoms. The van der Waals surface area contributed by atoms with Crippen LogP contribution in [0.4, 0.5) is 27.6 Å². The molecule has 1 N–H and O–H groups in total. The number of hydrogen-bond donors (Lipinski definition) is 1. The van der Waals surface area contributed by atoms with Gasteiger partial charge < -0.3 is 5.32 Å². The number of halogens is 5. The second-order valence-electron chi connectivity index (χ2n) is 2.84. The number of hydrogen-bond acceptors (Lipinski definition) is 1. The first-order chi connectivity index (χ1) is 7.30. The Labute approximate surface area is 87.1 Å². The van der Waals surface area contributed by atoms with E-state index in [-0.39, 0.29) is 0 Å². The Morgan fingerprint density at radius 1 is 1.06 bits per heavy atom. The summed E-state index contributed by atoms with van der Waals surface area (Å²) in [5, 5.41) is 1.67. The van der Waals surface area contributed by atoms with Gasteiger partial charge in [-0.1, -0.05) is 18.2 Å². The fourth-order valence-electron chi connectivity index (χ4n) is 1.07. The maximum absolute atomic E-state index is 13.0. The van der Waals surface area contributed by atoms with Crippen LogP contribution in [0.25, 0.3) is 0 Å². The summed E-state index contributed by atoms with van der Waals surface area (Å²) in [6, 6.07) is 3.76. The zero-order valence-corrected chi connectivity index (χ0v) is 7.61. The number of anilines is 1. The molecule has 1 rings (SSSR count). The first-order valence-electron chi connectivity index (χ1n) is 3.98. The van der Waals surface area contributed by atoms with Gasteiger partial charge in [-0.3, -0.25) is 4.79 Å². The highest BCUT2D eigenvalue weighted by molar-refractivity contribution is 5.74. The Bertz CT molecular complexity index is 388. The van der Waals surface area contributed by atoms with E-state index in [9.17, 15) is 26.7 Å². The van der Waals surface area contributed by atoms with Gasteiger partial charge in [0.25, 0.3) is 0 Å². The van der Waals surface area contributed by atoms with E-state index < -0.39 is 23.3 Å². The summed E-state index contributed by atoms with van der Waals surface area (Å²) < 4.78 is 62.1. The molecule has 0 unspecified atom stereocenters. The summed E-state index contributed by atoms with van der Waals surface area (Å²) in [6.07, 6.45) is -4.67. The van der Waals surface area contributed by atoms with Crippen LogP contribution in [0.3, 0.4) is 0 Å². The van der Waals surface area contributed by atoms with Gasteiger partial charge in [0, 0.05) is 0 Å². The predicted octanol–water partition coefficient (Wildman–Crippen LogP) is 2.82. The average Bonchev–Trinajstić information content (AvgIpc) is 2.17. The van der Waals surface area contributed by atoms with Crippen LogP contribution in [-0.2, 0) is 10.7 Å². The topological polar surface area (TPSA) is 29.1 Å². The predicted molar refractivity (Wildman–Crippen MR) is 45.7 cm³/mol. The van der Waals surface area contributed by atoms with Crippen LogP contribution in [-0.4, -0.2) is 12.6 Å². The smallest absolute Gasteiger partial charge is 0.317 e. The molecule has 0 aromatic heterocycles. The number of para-hydroxylation sites is 1. The molecule has 0 atom stereocenters. The maximum atomic E-state index is 13.0. The van der Waals surface area contributed by atoms with E-state index in [1.165, 1.54) is 6.07 Å². The Hall–Kier alpha value is -1.66. The molecule has 7 heteroatoms. The summed E-state index contributed by atoms with van der Waals surface area (Å²) in [5.41, 5.74) is -1.94. The molecule has 2 nitrogen and oxygen atoms in total. The third kappa shape index (κ3) is 2.12. The molecule has 0 aliphatic carbocycles. The minimum Gasteiger partial charge on any atom is -0.317 e. The lowest BCUT2D eigenvalue weighted by Gasteiger charge is -2.21. The summed E-state index contributed by atoms with van der Waals surface area (Å²) in [6.45, 7) is 0. The number of nitrogens with one attached hydrogen (secondary N) is 1. The molecule has 16 heavy (non-hydrogen) atoms. The van der Waals surface area contributed by atoms with Gasteiger partial charge in [-0.05, 0) is 6.07 Å². The third-order valence-corrected chi connectivity index (χ3v) is 1.81. The van der Waals surface area contributed by atoms with Crippen molar-refractivity contribution in [3.05, 3.63) is 29.8 Å². The van der Waals surface area contributed by atoms with Crippen molar-refractivity contribution in [1.29, 1.82) is 0 Å². The highest BCUT2D eigenvalue weighted by Crippen LogP contribution is 2.46. The van der Waals surface area contributed by atoms with Crippen LogP contribution in [0.1, 0.15) is 5.56 Å². The number of benzene rings is 1. The number of rotatable bonds is 3. The molecule has 1 radical (unpaired) electrons. The van der Waals surface area contributed by atoms with Crippen LogP contribution in [0.5, 0.6) is 0 Å². The van der Waals surface area contributed by atoms with E-state index >= 15 is 0 Å². The van der Waals surface area contributed by atoms with Gasteiger partial charge in [-0.15, -0.1) is 0 Å². The van der Waals surface area contributed by atoms with Crippen molar-refractivity contribution in [2.75, 3.05) is 5.32 Å². The first-order valence-corrected chi connectivity index (χ1v) is 3.98. The summed E-state index contributed by atoms with van der Waals surface area (Å²) in [7, 11) is 0. The monoisotopic (exact) mass is 238 g/mol. The second kappa shape index (κ2) is 4.07. The molecule has 0 saturated carbocycles. The molecule has 0 aliphatic rings. The lowest BCUT2D eigenvalue weighted by molar-refractivity contribution is -0.289. The van der Waals surface area contributed by atoms with Crippen LogP contribution in [0.15, 0.2) is 24.3 Å². The van der Waals surface area contributed by atoms with Gasteiger partial charge in [-0.25, -0.2) is 0 Å². The zero-order chi connectivity index (χ0) is 12.4. The highest BCUT2D eigenvalue weighted by atomic mass is 19.4. The van der Waals surface area contributed by atoms with Crippen LogP contribution in [0, 0.1) is 0 Å². The average molecular weight is 238 g/mol. The third-order valence-electron chi connectivity index (χ3n) is 1.81. The largest absolute Gasteiger partial charge is 0.458 e. The number of amides is 1. The van der Waals surface area contributed by atoms with Gasteiger partial charge in [0.15, 0.2) is 0 Å². The fourth-order valence-corrected chi connectivity index (χ4v) is 1.07. The van der Waals surface area contributed by atoms with E-state index in [0.29, 0.717) is 6.07 Å². The summed E-state index contributed by atoms with van der Waals surface area (Å²) >= 11 is 0. The molecule has 1 aromatic carbocycles. The molecule has 1 amide bonds. The van der Waals surface area contributed by atoms with Crippen LogP contribution in [0.2, 0.25) is 0 Å². The highest BCUT2D eigenvalue weighted by Gasteiger charge is 2.59. The van der Waals surface area contributed by atoms with Gasteiger partial charge in [0.2, 0.25) is 0 Å². The molecule has 0 fully saturated rings. The molecule has 1 aromatic rings. The number of carbonyl (C=O) groups excluding carboxylic acids is 1. The van der Waals surface area contributed by atoms with E-state index in [2.05, 4.69) is 0 Å². The van der Waals surface area contributed by atoms with Crippen molar-refractivity contribution in [3.8, 4) is 0 Å². The minimum absolute atomic E-state index is 0.590. The minimum atomic E-state index is -5.71. The SMILES string of the molecule is O=[C]Nc1ccccc1C(F)(F)C(F)(F)F. The van der Waals surface area contributed by atoms with Crippen molar-refractivity contribution in [1.82, 2.24) is 0 Å². The van der Waals surface area contributed by atoms with Crippen LogP contribution >= 0.6 is 0 Å². The standard InChI is InChI=1S/C9H5F5NO/c10-8(11,9(12,13)14)6-3-1-2-4-7(6)15-5-16/h1-4H,(H,15,16). The van der Waals surface area contributed by atoms with E-state index in [1.807, 2.05) is 0 Å². The summed E-state index contributed by atoms with van der Waals surface area (Å²) in [4.78, 5) is 9.94. The maximum Gasteiger partial charge on any atom is 0.458 e. The Balaban J connectivity index is 3.26. The Morgan fingerprint density at radius 2 is 1.62 bits per heavy atom. The van der Waals surface area contributed by atoms with Crippen LogP contribution < -0.4 is 5.32 Å². The summed E-state index contributed by atoms with van der Waals surface area (Å²) in [5.74, 6) is -5.02. The molecular weight excluding hydrogens is 233 g/mol. The lowest BCUT2D eigenvalue weighted by atomic mass is 10.1. The van der Waals surface area contributed by atoms with Gasteiger partial charge >= 0.3 is 18.5 Å². The zero-order valence-electron chi connectivity index (χ0n) is 7.61. The van der Waals surface area contributed by atoms with E-state index in [1.54, 1.807) is 5.32 Å². The fraction of sp³-hybridized carbons (Fsp3) is 0.222. The molecule has 0 saturated heterocycles.